The molecular formula is C19H28N2O2. The molecule has 0 spiro atoms. The van der Waals surface area contributed by atoms with E-state index in [1.165, 1.54) is 0 Å². The fourth-order valence-electron chi connectivity index (χ4n) is 3.01. The Morgan fingerprint density at radius 3 is 2.26 bits per heavy atom. The van der Waals surface area contributed by atoms with Gasteiger partial charge in [0, 0.05) is 43.6 Å². The summed E-state index contributed by atoms with van der Waals surface area (Å²) in [6.45, 7) is 11.2. The quantitative estimate of drug-likeness (QED) is 0.820. The predicted molar refractivity (Wildman–Crippen MR) is 92.6 cm³/mol. The number of rotatable bonds is 6. The monoisotopic (exact) mass is 316 g/mol. The third-order valence-corrected chi connectivity index (χ3v) is 4.37. The lowest BCUT2D eigenvalue weighted by molar-refractivity contribution is -0.127. The SMILES string of the molecule is CC(C)C(=O)c1cccc(C(C(=O)C(C)C)N2CCNCC2)c1. The van der Waals surface area contributed by atoms with Crippen LogP contribution in [0.2, 0.25) is 0 Å². The number of piperazine rings is 1. The van der Waals surface area contributed by atoms with E-state index >= 15 is 0 Å². The van der Waals surface area contributed by atoms with Crippen LogP contribution < -0.4 is 5.32 Å². The van der Waals surface area contributed by atoms with E-state index in [4.69, 9.17) is 0 Å². The smallest absolute Gasteiger partial charge is 0.165 e. The fraction of sp³-hybridized carbons (Fsp3) is 0.579. The van der Waals surface area contributed by atoms with Crippen molar-refractivity contribution in [3.8, 4) is 0 Å². The lowest BCUT2D eigenvalue weighted by Gasteiger charge is -2.35. The highest BCUT2D eigenvalue weighted by Gasteiger charge is 2.30. The van der Waals surface area contributed by atoms with Gasteiger partial charge in [-0.05, 0) is 11.6 Å². The molecule has 0 aromatic heterocycles. The summed E-state index contributed by atoms with van der Waals surface area (Å²) in [5, 5.41) is 3.33. The molecule has 4 nitrogen and oxygen atoms in total. The number of nitrogens with zero attached hydrogens (tertiary/aromatic N) is 1. The minimum atomic E-state index is -0.253. The van der Waals surface area contributed by atoms with Crippen molar-refractivity contribution in [3.05, 3.63) is 35.4 Å². The number of Topliss-reactive ketones (excluding diaryl/α,β-unsaturated/α-hetero) is 2. The Labute approximate surface area is 139 Å². The Morgan fingerprint density at radius 1 is 1.04 bits per heavy atom. The first-order valence-corrected chi connectivity index (χ1v) is 8.54. The van der Waals surface area contributed by atoms with Crippen molar-refractivity contribution in [2.24, 2.45) is 11.8 Å². The van der Waals surface area contributed by atoms with Gasteiger partial charge < -0.3 is 5.32 Å². The summed E-state index contributed by atoms with van der Waals surface area (Å²) < 4.78 is 0. The van der Waals surface area contributed by atoms with Gasteiger partial charge in [0.2, 0.25) is 0 Å². The van der Waals surface area contributed by atoms with Gasteiger partial charge >= 0.3 is 0 Å². The number of hydrogen-bond donors (Lipinski definition) is 1. The minimum absolute atomic E-state index is 0.0284. The molecule has 1 aromatic rings. The Kier molecular flexibility index (Phi) is 6.08. The van der Waals surface area contributed by atoms with Gasteiger partial charge in [-0.15, -0.1) is 0 Å². The lowest BCUT2D eigenvalue weighted by Crippen LogP contribution is -2.47. The molecule has 0 aliphatic carbocycles. The van der Waals surface area contributed by atoms with Crippen LogP contribution in [0.1, 0.15) is 49.7 Å². The van der Waals surface area contributed by atoms with Crippen LogP contribution in [0.3, 0.4) is 0 Å². The summed E-state index contributed by atoms with van der Waals surface area (Å²) in [6, 6.07) is 7.38. The molecule has 4 heteroatoms. The van der Waals surface area contributed by atoms with Gasteiger partial charge in [0.1, 0.15) is 0 Å². The zero-order valence-corrected chi connectivity index (χ0v) is 14.6. The number of carbonyl (C=O) groups is 2. The Balaban J connectivity index is 2.36. The average molecular weight is 316 g/mol. The lowest BCUT2D eigenvalue weighted by atomic mass is 9.91. The third kappa shape index (κ3) is 4.27. The van der Waals surface area contributed by atoms with E-state index in [1.54, 1.807) is 0 Å². The second kappa shape index (κ2) is 7.84. The summed E-state index contributed by atoms with van der Waals surface area (Å²) >= 11 is 0. The highest BCUT2D eigenvalue weighted by atomic mass is 16.1. The third-order valence-electron chi connectivity index (χ3n) is 4.37. The summed E-state index contributed by atoms with van der Waals surface area (Å²) in [5.74, 6) is 0.284. The Morgan fingerprint density at radius 2 is 1.70 bits per heavy atom. The number of hydrogen-bond acceptors (Lipinski definition) is 4. The molecule has 1 fully saturated rings. The number of ketones is 2. The van der Waals surface area contributed by atoms with Crippen LogP contribution in [0.15, 0.2) is 24.3 Å². The molecule has 1 saturated heterocycles. The molecule has 0 bridgehead atoms. The van der Waals surface area contributed by atoms with Gasteiger partial charge in [-0.1, -0.05) is 45.9 Å². The second-order valence-corrected chi connectivity index (χ2v) is 6.89. The maximum atomic E-state index is 12.8. The zero-order chi connectivity index (χ0) is 17.0. The van der Waals surface area contributed by atoms with Crippen molar-refractivity contribution >= 4 is 11.6 Å². The summed E-state index contributed by atoms with van der Waals surface area (Å²) in [7, 11) is 0. The topological polar surface area (TPSA) is 49.4 Å². The van der Waals surface area contributed by atoms with Gasteiger partial charge in [-0.2, -0.15) is 0 Å². The summed E-state index contributed by atoms with van der Waals surface area (Å²) in [5.41, 5.74) is 1.64. The van der Waals surface area contributed by atoms with E-state index in [-0.39, 0.29) is 29.4 Å². The molecule has 0 amide bonds. The average Bonchev–Trinajstić information content (AvgIpc) is 2.55. The predicted octanol–water partition coefficient (Wildman–Crippen LogP) is 2.70. The standard InChI is InChI=1S/C19H28N2O2/c1-13(2)18(22)16-7-5-6-15(12-16)17(19(23)14(3)4)21-10-8-20-9-11-21/h5-7,12-14,17,20H,8-11H2,1-4H3. The first-order valence-electron chi connectivity index (χ1n) is 8.54. The van der Waals surface area contributed by atoms with Crippen LogP contribution >= 0.6 is 0 Å². The molecule has 1 heterocycles. The molecular weight excluding hydrogens is 288 g/mol. The minimum Gasteiger partial charge on any atom is -0.314 e. The van der Waals surface area contributed by atoms with Gasteiger partial charge in [0.15, 0.2) is 11.6 Å². The van der Waals surface area contributed by atoms with Crippen LogP contribution in [-0.2, 0) is 4.79 Å². The van der Waals surface area contributed by atoms with Crippen molar-refractivity contribution in [3.63, 3.8) is 0 Å². The first kappa shape index (κ1) is 17.8. The molecule has 0 saturated carbocycles. The molecule has 23 heavy (non-hydrogen) atoms. The van der Waals surface area contributed by atoms with Crippen LogP contribution in [0.25, 0.3) is 0 Å². The van der Waals surface area contributed by atoms with Crippen LogP contribution in [0.5, 0.6) is 0 Å². The Bertz CT molecular complexity index is 560. The van der Waals surface area contributed by atoms with E-state index in [1.807, 2.05) is 52.0 Å². The normalized spacial score (nSPS) is 17.5. The van der Waals surface area contributed by atoms with E-state index in [9.17, 15) is 9.59 Å². The highest BCUT2D eigenvalue weighted by Crippen LogP contribution is 2.26. The first-order chi connectivity index (χ1) is 10.9. The van der Waals surface area contributed by atoms with E-state index in [0.717, 1.165) is 31.7 Å². The van der Waals surface area contributed by atoms with Crippen molar-refractivity contribution in [1.82, 2.24) is 10.2 Å². The fourth-order valence-corrected chi connectivity index (χ4v) is 3.01. The highest BCUT2D eigenvalue weighted by molar-refractivity contribution is 5.98. The maximum absolute atomic E-state index is 12.8. The molecule has 1 aliphatic rings. The van der Waals surface area contributed by atoms with Crippen LogP contribution in [0.4, 0.5) is 0 Å². The number of benzene rings is 1. The zero-order valence-electron chi connectivity index (χ0n) is 14.6. The largest absolute Gasteiger partial charge is 0.314 e. The van der Waals surface area contributed by atoms with Crippen LogP contribution in [0, 0.1) is 11.8 Å². The molecule has 1 aromatic carbocycles. The van der Waals surface area contributed by atoms with Gasteiger partial charge in [0.25, 0.3) is 0 Å². The summed E-state index contributed by atoms with van der Waals surface area (Å²) in [6.07, 6.45) is 0. The van der Waals surface area contributed by atoms with E-state index in [0.29, 0.717) is 5.56 Å². The van der Waals surface area contributed by atoms with E-state index < -0.39 is 0 Å². The van der Waals surface area contributed by atoms with E-state index in [2.05, 4.69) is 10.2 Å². The Hall–Kier alpha value is -1.52. The van der Waals surface area contributed by atoms with Gasteiger partial charge in [0.05, 0.1) is 6.04 Å². The molecule has 126 valence electrons. The molecule has 1 atom stereocenters. The van der Waals surface area contributed by atoms with Gasteiger partial charge in [-0.3, -0.25) is 14.5 Å². The second-order valence-electron chi connectivity index (χ2n) is 6.89. The van der Waals surface area contributed by atoms with Crippen molar-refractivity contribution in [2.45, 2.75) is 33.7 Å². The van der Waals surface area contributed by atoms with Gasteiger partial charge in [-0.25, -0.2) is 0 Å². The summed E-state index contributed by atoms with van der Waals surface area (Å²) in [4.78, 5) is 27.3. The molecule has 1 aliphatic heterocycles. The van der Waals surface area contributed by atoms with Crippen molar-refractivity contribution in [2.75, 3.05) is 26.2 Å². The maximum Gasteiger partial charge on any atom is 0.165 e. The molecule has 0 radical (unpaired) electrons. The molecule has 1 unspecified atom stereocenters. The van der Waals surface area contributed by atoms with Crippen molar-refractivity contribution < 1.29 is 9.59 Å². The van der Waals surface area contributed by atoms with Crippen molar-refractivity contribution in [1.29, 1.82) is 0 Å². The molecule has 1 N–H and O–H groups in total. The number of nitrogens with one attached hydrogen (secondary N) is 1. The van der Waals surface area contributed by atoms with Crippen LogP contribution in [-0.4, -0.2) is 42.6 Å². The molecule has 2 rings (SSSR count). The number of carbonyl (C=O) groups excluding carboxylic acids is 2.